The summed E-state index contributed by atoms with van der Waals surface area (Å²) in [6.07, 6.45) is 1.10. The zero-order valence-electron chi connectivity index (χ0n) is 11.9. The van der Waals surface area contributed by atoms with Gasteiger partial charge in [-0.05, 0) is 19.0 Å². The van der Waals surface area contributed by atoms with Crippen LogP contribution in [0.3, 0.4) is 0 Å². The summed E-state index contributed by atoms with van der Waals surface area (Å²) in [4.78, 5) is 2.29. The van der Waals surface area contributed by atoms with Crippen molar-refractivity contribution >= 4 is 9.28 Å². The van der Waals surface area contributed by atoms with Crippen molar-refractivity contribution in [1.82, 2.24) is 10.2 Å². The summed E-state index contributed by atoms with van der Waals surface area (Å²) in [5.41, 5.74) is 11.1. The molecule has 0 saturated carbocycles. The Morgan fingerprint density at radius 3 is 2.11 bits per heavy atom. The maximum Gasteiger partial charge on any atom is 0.320 e. The molecule has 0 atom stereocenters. The van der Waals surface area contributed by atoms with Crippen LogP contribution in [0.15, 0.2) is 0 Å². The lowest BCUT2D eigenvalue weighted by molar-refractivity contribution is 0.275. The zero-order valence-corrected chi connectivity index (χ0v) is 13.0. The van der Waals surface area contributed by atoms with Crippen LogP contribution in [0.1, 0.15) is 6.42 Å². The van der Waals surface area contributed by atoms with Crippen molar-refractivity contribution in [1.29, 1.82) is 0 Å². The van der Waals surface area contributed by atoms with Crippen molar-refractivity contribution in [3.8, 4) is 0 Å². The molecule has 0 fully saturated rings. The van der Waals surface area contributed by atoms with Crippen LogP contribution in [0.5, 0.6) is 0 Å². The third-order valence-electron chi connectivity index (χ3n) is 2.81. The van der Waals surface area contributed by atoms with Crippen LogP contribution in [-0.4, -0.2) is 74.2 Å². The monoisotopic (exact) mass is 278 g/mol. The predicted octanol–water partition coefficient (Wildman–Crippen LogP) is -1.30. The first kappa shape index (κ1) is 18.0. The highest BCUT2D eigenvalue weighted by atomic mass is 28.3. The Morgan fingerprint density at radius 2 is 1.61 bits per heavy atom. The van der Waals surface area contributed by atoms with E-state index in [1.54, 1.807) is 14.2 Å². The highest BCUT2D eigenvalue weighted by Crippen LogP contribution is 1.97. The molecule has 5 N–H and O–H groups in total. The van der Waals surface area contributed by atoms with Crippen molar-refractivity contribution in [2.45, 2.75) is 12.5 Å². The molecule has 0 aliphatic rings. The van der Waals surface area contributed by atoms with Crippen LogP contribution in [-0.2, 0) is 8.85 Å². The van der Waals surface area contributed by atoms with Crippen LogP contribution >= 0.6 is 0 Å². The van der Waals surface area contributed by atoms with Gasteiger partial charge in [-0.2, -0.15) is 0 Å². The minimum Gasteiger partial charge on any atom is -0.400 e. The zero-order chi connectivity index (χ0) is 13.6. The van der Waals surface area contributed by atoms with Gasteiger partial charge in [0.05, 0.1) is 0 Å². The van der Waals surface area contributed by atoms with Gasteiger partial charge in [0.15, 0.2) is 0 Å². The van der Waals surface area contributed by atoms with Gasteiger partial charge in [-0.3, -0.25) is 4.90 Å². The molecule has 0 bridgehead atoms. The van der Waals surface area contributed by atoms with E-state index >= 15 is 0 Å². The standard InChI is InChI=1S/C11H30N4O2Si/c1-16-18(17-2)11-3-6-14-7-10-15(8-4-12)9-5-13/h14,18H,3-13H2,1-2H3. The Morgan fingerprint density at radius 1 is 1.00 bits per heavy atom. The first-order valence-electron chi connectivity index (χ1n) is 6.67. The van der Waals surface area contributed by atoms with Crippen molar-refractivity contribution in [2.24, 2.45) is 11.5 Å². The van der Waals surface area contributed by atoms with E-state index < -0.39 is 9.28 Å². The molecule has 0 aromatic heterocycles. The fourth-order valence-electron chi connectivity index (χ4n) is 1.79. The molecule has 0 heterocycles. The maximum atomic E-state index is 5.55. The second kappa shape index (κ2) is 13.4. The van der Waals surface area contributed by atoms with Gasteiger partial charge in [-0.15, -0.1) is 0 Å². The summed E-state index contributed by atoms with van der Waals surface area (Å²) >= 11 is 0. The largest absolute Gasteiger partial charge is 0.400 e. The molecule has 0 spiro atoms. The van der Waals surface area contributed by atoms with Crippen molar-refractivity contribution in [3.05, 3.63) is 0 Å². The van der Waals surface area contributed by atoms with Gasteiger partial charge in [0.25, 0.3) is 0 Å². The van der Waals surface area contributed by atoms with Gasteiger partial charge in [-0.25, -0.2) is 0 Å². The summed E-state index contributed by atoms with van der Waals surface area (Å²) in [7, 11) is 2.09. The van der Waals surface area contributed by atoms with E-state index in [0.717, 1.165) is 45.2 Å². The van der Waals surface area contributed by atoms with Crippen LogP contribution in [0.2, 0.25) is 6.04 Å². The molecule has 0 aromatic rings. The van der Waals surface area contributed by atoms with Crippen molar-refractivity contribution in [2.75, 3.05) is 60.0 Å². The lowest BCUT2D eigenvalue weighted by Crippen LogP contribution is -2.38. The third-order valence-corrected chi connectivity index (χ3v) is 4.75. The number of nitrogens with zero attached hydrogens (tertiary/aromatic N) is 1. The molecule has 0 unspecified atom stereocenters. The number of hydrogen-bond donors (Lipinski definition) is 3. The van der Waals surface area contributed by atoms with E-state index in [4.69, 9.17) is 20.3 Å². The Bertz CT molecular complexity index is 167. The molecule has 0 aromatic carbocycles. The van der Waals surface area contributed by atoms with Gasteiger partial charge in [0.2, 0.25) is 0 Å². The van der Waals surface area contributed by atoms with Gasteiger partial charge >= 0.3 is 9.28 Å². The van der Waals surface area contributed by atoms with Gasteiger partial charge in [0.1, 0.15) is 0 Å². The Hall–Kier alpha value is -0.0231. The molecule has 110 valence electrons. The summed E-state index contributed by atoms with van der Waals surface area (Å²) < 4.78 is 10.5. The smallest absolute Gasteiger partial charge is 0.320 e. The van der Waals surface area contributed by atoms with Crippen molar-refractivity contribution in [3.63, 3.8) is 0 Å². The number of nitrogens with two attached hydrogens (primary N) is 2. The fourth-order valence-corrected chi connectivity index (χ4v) is 2.99. The van der Waals surface area contributed by atoms with E-state index in [2.05, 4.69) is 10.2 Å². The minimum absolute atomic E-state index is 0.689. The molecule has 0 aliphatic carbocycles. The summed E-state index contributed by atoms with van der Waals surface area (Å²) in [6.45, 7) is 6.21. The summed E-state index contributed by atoms with van der Waals surface area (Å²) in [5, 5.41) is 3.42. The third kappa shape index (κ3) is 9.95. The minimum atomic E-state index is -1.37. The maximum absolute atomic E-state index is 5.55. The first-order valence-corrected chi connectivity index (χ1v) is 8.43. The van der Waals surface area contributed by atoms with Gasteiger partial charge < -0.3 is 25.6 Å². The fraction of sp³-hybridized carbons (Fsp3) is 1.00. The summed E-state index contributed by atoms with van der Waals surface area (Å²) in [6, 6.07) is 1.05. The molecule has 0 amide bonds. The highest BCUT2D eigenvalue weighted by Gasteiger charge is 2.08. The van der Waals surface area contributed by atoms with E-state index in [9.17, 15) is 0 Å². The second-order valence-electron chi connectivity index (χ2n) is 4.21. The first-order chi connectivity index (χ1) is 8.78. The number of rotatable bonds is 13. The quantitative estimate of drug-likeness (QED) is 0.287. The van der Waals surface area contributed by atoms with Gasteiger partial charge in [0, 0.05) is 53.5 Å². The average molecular weight is 278 g/mol. The summed E-state index contributed by atoms with van der Waals surface area (Å²) in [5.74, 6) is 0. The van der Waals surface area contributed by atoms with E-state index in [-0.39, 0.29) is 0 Å². The molecule has 0 rings (SSSR count). The van der Waals surface area contributed by atoms with E-state index in [1.807, 2.05) is 0 Å². The lowest BCUT2D eigenvalue weighted by atomic mass is 10.4. The molecule has 0 saturated heterocycles. The Labute approximate surface area is 113 Å². The van der Waals surface area contributed by atoms with Gasteiger partial charge in [-0.1, -0.05) is 0 Å². The molecule has 0 aliphatic heterocycles. The number of nitrogens with one attached hydrogen (secondary N) is 1. The SMILES string of the molecule is CO[SiH](CCCNCCN(CCN)CCN)OC. The van der Waals surface area contributed by atoms with Crippen LogP contribution in [0.25, 0.3) is 0 Å². The molecular formula is C11H30N4O2Si. The molecule has 7 heteroatoms. The number of hydrogen-bond acceptors (Lipinski definition) is 6. The average Bonchev–Trinajstić information content (AvgIpc) is 2.38. The molecule has 18 heavy (non-hydrogen) atoms. The van der Waals surface area contributed by atoms with E-state index in [1.165, 1.54) is 0 Å². The lowest BCUT2D eigenvalue weighted by Gasteiger charge is -2.20. The van der Waals surface area contributed by atoms with Crippen molar-refractivity contribution < 1.29 is 8.85 Å². The Balaban J connectivity index is 3.42. The van der Waals surface area contributed by atoms with E-state index in [0.29, 0.717) is 13.1 Å². The Kier molecular flexibility index (Phi) is 13.4. The highest BCUT2D eigenvalue weighted by molar-refractivity contribution is 6.44. The topological polar surface area (TPSA) is 85.8 Å². The van der Waals surface area contributed by atoms with Crippen LogP contribution in [0, 0.1) is 0 Å². The normalized spacial score (nSPS) is 11.7. The second-order valence-corrected chi connectivity index (χ2v) is 6.59. The van der Waals surface area contributed by atoms with Crippen LogP contribution in [0.4, 0.5) is 0 Å². The predicted molar refractivity (Wildman–Crippen MR) is 78.0 cm³/mol. The molecule has 6 nitrogen and oxygen atoms in total. The molecule has 0 radical (unpaired) electrons. The molecular weight excluding hydrogens is 248 g/mol. The van der Waals surface area contributed by atoms with Crippen LogP contribution < -0.4 is 16.8 Å².